The minimum atomic E-state index is -0.575. The van der Waals surface area contributed by atoms with Gasteiger partial charge >= 0.3 is 5.97 Å². The van der Waals surface area contributed by atoms with E-state index in [9.17, 15) is 9.59 Å². The second-order valence-electron chi connectivity index (χ2n) is 7.36. The number of ether oxygens (including phenoxy) is 3. The summed E-state index contributed by atoms with van der Waals surface area (Å²) in [5.41, 5.74) is 3.52. The number of thiophene rings is 1. The summed E-state index contributed by atoms with van der Waals surface area (Å²) in [7, 11) is 1.46. The van der Waals surface area contributed by atoms with Crippen LogP contribution >= 0.6 is 22.9 Å². The van der Waals surface area contributed by atoms with Crippen molar-refractivity contribution in [2.45, 2.75) is 0 Å². The van der Waals surface area contributed by atoms with Crippen molar-refractivity contribution in [3.05, 3.63) is 100 Å². The number of hydrogen-bond donors (Lipinski definition) is 1. The maximum atomic E-state index is 12.8. The molecule has 0 atom stereocenters. The third kappa shape index (κ3) is 5.73. The number of rotatable bonds is 9. The molecule has 182 valence electrons. The molecule has 0 bridgehead atoms. The minimum Gasteiger partial charge on any atom is -0.493 e. The van der Waals surface area contributed by atoms with Crippen LogP contribution in [0.3, 0.4) is 0 Å². The maximum absolute atomic E-state index is 12.8. The molecule has 4 rings (SSSR count). The molecule has 0 aliphatic rings. The van der Waals surface area contributed by atoms with Gasteiger partial charge in [0.2, 0.25) is 0 Å². The van der Waals surface area contributed by atoms with Gasteiger partial charge in [-0.1, -0.05) is 42.5 Å². The maximum Gasteiger partial charge on any atom is 0.355 e. The first kappa shape index (κ1) is 25.0. The van der Waals surface area contributed by atoms with Crippen LogP contribution in [0.5, 0.6) is 17.2 Å². The van der Waals surface area contributed by atoms with Gasteiger partial charge in [0.25, 0.3) is 5.91 Å². The van der Waals surface area contributed by atoms with Crippen molar-refractivity contribution >= 4 is 51.1 Å². The standard InChI is InChI=1S/C27H21ClN2O5S/c1-3-14-34-19-11-9-18(10-12-19)26(31)30-29-16-17-8-13-21(22(15-17)33-2)35-27(32)25-24(28)20-6-4-5-7-23(20)36-25/h3-13,15-16H,1,14H2,2H3,(H,30,31)/b29-16-. The highest BCUT2D eigenvalue weighted by molar-refractivity contribution is 7.21. The van der Waals surface area contributed by atoms with E-state index in [2.05, 4.69) is 17.1 Å². The van der Waals surface area contributed by atoms with Crippen LogP contribution in [-0.2, 0) is 0 Å². The van der Waals surface area contributed by atoms with Crippen LogP contribution < -0.4 is 19.6 Å². The van der Waals surface area contributed by atoms with Gasteiger partial charge in [-0.3, -0.25) is 4.79 Å². The number of fused-ring (bicyclic) bond motifs is 1. The highest BCUT2D eigenvalue weighted by Gasteiger charge is 2.20. The molecule has 0 aliphatic heterocycles. The van der Waals surface area contributed by atoms with Crippen molar-refractivity contribution in [3.8, 4) is 17.2 Å². The van der Waals surface area contributed by atoms with Gasteiger partial charge in [0.05, 0.1) is 18.3 Å². The summed E-state index contributed by atoms with van der Waals surface area (Å²) in [6, 6.07) is 19.0. The summed E-state index contributed by atoms with van der Waals surface area (Å²) < 4.78 is 17.2. The number of methoxy groups -OCH3 is 1. The third-order valence-electron chi connectivity index (χ3n) is 4.97. The predicted octanol–water partition coefficient (Wildman–Crippen LogP) is 6.11. The minimum absolute atomic E-state index is 0.232. The van der Waals surface area contributed by atoms with Crippen molar-refractivity contribution in [1.82, 2.24) is 5.43 Å². The molecule has 0 unspecified atom stereocenters. The molecule has 0 spiro atoms. The average molecular weight is 521 g/mol. The zero-order valence-electron chi connectivity index (χ0n) is 19.2. The van der Waals surface area contributed by atoms with Crippen molar-refractivity contribution < 1.29 is 23.8 Å². The lowest BCUT2D eigenvalue weighted by atomic mass is 10.2. The number of esters is 1. The predicted molar refractivity (Wildman–Crippen MR) is 142 cm³/mol. The number of hydrogen-bond acceptors (Lipinski definition) is 7. The zero-order valence-corrected chi connectivity index (χ0v) is 20.8. The second kappa shape index (κ2) is 11.5. The van der Waals surface area contributed by atoms with Gasteiger partial charge in [-0.05, 0) is 54.1 Å². The number of benzene rings is 3. The average Bonchev–Trinajstić information content (AvgIpc) is 3.25. The highest BCUT2D eigenvalue weighted by Crippen LogP contribution is 2.37. The number of nitrogens with one attached hydrogen (secondary N) is 1. The molecule has 1 aromatic heterocycles. The van der Waals surface area contributed by atoms with Crippen LogP contribution in [0.15, 0.2) is 84.5 Å². The van der Waals surface area contributed by atoms with Crippen LogP contribution in [-0.4, -0.2) is 31.8 Å². The Kier molecular flexibility index (Phi) is 7.99. The van der Waals surface area contributed by atoms with E-state index in [1.54, 1.807) is 48.5 Å². The van der Waals surface area contributed by atoms with Crippen LogP contribution in [0.2, 0.25) is 5.02 Å². The molecular formula is C27H21ClN2O5S. The van der Waals surface area contributed by atoms with Crippen LogP contribution in [0.1, 0.15) is 25.6 Å². The lowest BCUT2D eigenvalue weighted by molar-refractivity contribution is 0.0734. The molecule has 9 heteroatoms. The van der Waals surface area contributed by atoms with Gasteiger partial charge in [0.1, 0.15) is 17.2 Å². The normalized spacial score (nSPS) is 10.8. The molecule has 3 aromatic carbocycles. The SMILES string of the molecule is C=CCOc1ccc(C(=O)N/N=C\c2ccc(OC(=O)c3sc4ccccc4c3Cl)c(OC)c2)cc1. The van der Waals surface area contributed by atoms with Gasteiger partial charge in [0.15, 0.2) is 11.5 Å². The van der Waals surface area contributed by atoms with E-state index in [0.717, 1.165) is 10.1 Å². The van der Waals surface area contributed by atoms with Crippen LogP contribution in [0, 0.1) is 0 Å². The highest BCUT2D eigenvalue weighted by atomic mass is 35.5. The molecule has 0 saturated carbocycles. The Hall–Kier alpha value is -4.14. The van der Waals surface area contributed by atoms with Gasteiger partial charge < -0.3 is 14.2 Å². The van der Waals surface area contributed by atoms with Crippen molar-refractivity contribution in [3.63, 3.8) is 0 Å². The quantitative estimate of drug-likeness (QED) is 0.0945. The molecule has 1 amide bonds. The Bertz CT molecular complexity index is 1450. The van der Waals surface area contributed by atoms with Crippen LogP contribution in [0.25, 0.3) is 10.1 Å². The van der Waals surface area contributed by atoms with Crippen molar-refractivity contribution in [2.24, 2.45) is 5.10 Å². The first-order valence-electron chi connectivity index (χ1n) is 10.7. The molecule has 7 nitrogen and oxygen atoms in total. The van der Waals surface area contributed by atoms with E-state index in [1.807, 2.05) is 24.3 Å². The Labute approximate surface area is 216 Å². The molecule has 1 heterocycles. The van der Waals surface area contributed by atoms with Crippen molar-refractivity contribution in [2.75, 3.05) is 13.7 Å². The lowest BCUT2D eigenvalue weighted by Crippen LogP contribution is -2.17. The summed E-state index contributed by atoms with van der Waals surface area (Å²) in [5, 5.41) is 5.15. The molecule has 1 N–H and O–H groups in total. The van der Waals surface area contributed by atoms with E-state index in [-0.39, 0.29) is 11.7 Å². The van der Waals surface area contributed by atoms with Gasteiger partial charge in [-0.15, -0.1) is 11.3 Å². The zero-order chi connectivity index (χ0) is 25.5. The number of halogens is 1. The lowest BCUT2D eigenvalue weighted by Gasteiger charge is -2.09. The first-order chi connectivity index (χ1) is 17.5. The number of carbonyl (C=O) groups excluding carboxylic acids is 2. The van der Waals surface area contributed by atoms with Crippen molar-refractivity contribution in [1.29, 1.82) is 0 Å². The molecule has 0 saturated heterocycles. The van der Waals surface area contributed by atoms with Gasteiger partial charge in [-0.2, -0.15) is 5.10 Å². The van der Waals surface area contributed by atoms with Gasteiger partial charge in [-0.25, -0.2) is 10.2 Å². The summed E-state index contributed by atoms with van der Waals surface area (Å²) in [4.78, 5) is 25.4. The van der Waals surface area contributed by atoms with E-state index in [1.165, 1.54) is 24.7 Å². The van der Waals surface area contributed by atoms with Gasteiger partial charge in [0, 0.05) is 15.6 Å². The van der Waals surface area contributed by atoms with Crippen LogP contribution in [0.4, 0.5) is 0 Å². The fourth-order valence-corrected chi connectivity index (χ4v) is 4.61. The third-order valence-corrected chi connectivity index (χ3v) is 6.63. The van der Waals surface area contributed by atoms with E-state index in [4.69, 9.17) is 25.8 Å². The molecule has 4 aromatic rings. The largest absolute Gasteiger partial charge is 0.493 e. The monoisotopic (exact) mass is 520 g/mol. The fraction of sp³-hybridized carbons (Fsp3) is 0.0741. The Balaban J connectivity index is 1.41. The summed E-state index contributed by atoms with van der Waals surface area (Å²) >= 11 is 7.65. The molecule has 36 heavy (non-hydrogen) atoms. The Morgan fingerprint density at radius 2 is 1.86 bits per heavy atom. The molecular weight excluding hydrogens is 500 g/mol. The number of amides is 1. The van der Waals surface area contributed by atoms with E-state index in [0.29, 0.717) is 39.1 Å². The molecule has 0 radical (unpaired) electrons. The Morgan fingerprint density at radius 3 is 2.58 bits per heavy atom. The van der Waals surface area contributed by atoms with E-state index >= 15 is 0 Å². The second-order valence-corrected chi connectivity index (χ2v) is 8.79. The summed E-state index contributed by atoms with van der Waals surface area (Å²) in [6.45, 7) is 3.98. The Morgan fingerprint density at radius 1 is 1.08 bits per heavy atom. The smallest absolute Gasteiger partial charge is 0.355 e. The molecule has 0 aliphatic carbocycles. The first-order valence-corrected chi connectivity index (χ1v) is 11.9. The van der Waals surface area contributed by atoms with E-state index < -0.39 is 5.97 Å². The summed E-state index contributed by atoms with van der Waals surface area (Å²) in [6.07, 6.45) is 3.10. The topological polar surface area (TPSA) is 86.2 Å². The number of hydrazone groups is 1. The number of carbonyl (C=O) groups is 2. The number of nitrogens with zero attached hydrogens (tertiary/aromatic N) is 1. The fourth-order valence-electron chi connectivity index (χ4n) is 3.23. The molecule has 0 fully saturated rings. The summed E-state index contributed by atoms with van der Waals surface area (Å²) in [5.74, 6) is 0.243.